The highest BCUT2D eigenvalue weighted by molar-refractivity contribution is 7.99. The molecule has 1 amide bonds. The van der Waals surface area contributed by atoms with Crippen molar-refractivity contribution in [2.75, 3.05) is 5.32 Å². The Morgan fingerprint density at radius 1 is 0.838 bits per heavy atom. The highest BCUT2D eigenvalue weighted by Crippen LogP contribution is 2.33. The number of para-hydroxylation sites is 1. The summed E-state index contributed by atoms with van der Waals surface area (Å²) in [7, 11) is 0. The second-order valence-electron chi connectivity index (χ2n) is 8.34. The van der Waals surface area contributed by atoms with Crippen molar-refractivity contribution in [2.24, 2.45) is 0 Å². The number of nitrogens with zero attached hydrogens (tertiary/aromatic N) is 3. The summed E-state index contributed by atoms with van der Waals surface area (Å²) in [5.74, 6) is -0.175. The van der Waals surface area contributed by atoms with Crippen LogP contribution >= 0.6 is 11.8 Å². The van der Waals surface area contributed by atoms with Gasteiger partial charge in [0.2, 0.25) is 0 Å². The maximum Gasteiger partial charge on any atom is 0.256 e. The zero-order chi connectivity index (χ0) is 25.0. The topological polar surface area (TPSA) is 83.6 Å². The molecule has 3 aromatic heterocycles. The average Bonchev–Trinajstić information content (AvgIpc) is 3.35. The van der Waals surface area contributed by atoms with Crippen LogP contribution in [0.2, 0.25) is 0 Å². The van der Waals surface area contributed by atoms with E-state index in [4.69, 9.17) is 0 Å². The molecule has 37 heavy (non-hydrogen) atoms. The molecule has 0 fully saturated rings. The largest absolute Gasteiger partial charge is 0.320 e. The van der Waals surface area contributed by atoms with Crippen LogP contribution in [0.25, 0.3) is 34.0 Å². The highest BCUT2D eigenvalue weighted by atomic mass is 32.2. The summed E-state index contributed by atoms with van der Waals surface area (Å²) in [6.07, 6.45) is 7.39. The van der Waals surface area contributed by atoms with E-state index in [1.165, 1.54) is 11.8 Å². The van der Waals surface area contributed by atoms with Crippen molar-refractivity contribution in [1.29, 1.82) is 0 Å². The lowest BCUT2D eigenvalue weighted by atomic mass is 10.1. The number of carbonyl (C=O) groups excluding carboxylic acids is 1. The molecule has 3 heterocycles. The van der Waals surface area contributed by atoms with Crippen LogP contribution in [0.15, 0.2) is 113 Å². The van der Waals surface area contributed by atoms with Gasteiger partial charge in [-0.1, -0.05) is 48.2 Å². The van der Waals surface area contributed by atoms with Crippen LogP contribution in [0, 0.1) is 0 Å². The second-order valence-corrected chi connectivity index (χ2v) is 9.45. The average molecular weight is 500 g/mol. The fraction of sp³-hybridized carbons (Fsp3) is 0. The maximum absolute atomic E-state index is 13.3. The number of rotatable bonds is 6. The van der Waals surface area contributed by atoms with Gasteiger partial charge in [-0.25, -0.2) is 0 Å². The van der Waals surface area contributed by atoms with Gasteiger partial charge in [-0.05, 0) is 66.7 Å². The minimum absolute atomic E-state index is 0.175. The lowest BCUT2D eigenvalue weighted by Gasteiger charge is -2.11. The third-order valence-corrected chi connectivity index (χ3v) is 6.97. The number of hydrogen-bond acceptors (Lipinski definition) is 5. The van der Waals surface area contributed by atoms with E-state index in [9.17, 15) is 4.79 Å². The number of carbonyl (C=O) groups is 1. The van der Waals surface area contributed by atoms with Crippen molar-refractivity contribution >= 4 is 57.3 Å². The summed E-state index contributed by atoms with van der Waals surface area (Å²) < 4.78 is 0. The molecule has 0 aliphatic heterocycles. The molecule has 0 saturated heterocycles. The number of nitrogens with one attached hydrogen (secondary N) is 2. The molecule has 0 bridgehead atoms. The molecule has 6 aromatic rings. The minimum Gasteiger partial charge on any atom is -0.320 e. The van der Waals surface area contributed by atoms with Gasteiger partial charge < -0.3 is 5.32 Å². The van der Waals surface area contributed by atoms with Gasteiger partial charge in [0, 0.05) is 33.0 Å². The van der Waals surface area contributed by atoms with Gasteiger partial charge in [0.1, 0.15) is 0 Å². The zero-order valence-electron chi connectivity index (χ0n) is 19.6. The first kappa shape index (κ1) is 22.7. The summed E-state index contributed by atoms with van der Waals surface area (Å²) in [6.45, 7) is 0. The maximum atomic E-state index is 13.3. The van der Waals surface area contributed by atoms with E-state index in [-0.39, 0.29) is 5.91 Å². The van der Waals surface area contributed by atoms with Gasteiger partial charge in [-0.2, -0.15) is 5.10 Å². The molecule has 0 aliphatic carbocycles. The number of benzene rings is 3. The quantitative estimate of drug-likeness (QED) is 0.256. The van der Waals surface area contributed by atoms with Crippen molar-refractivity contribution < 1.29 is 4.79 Å². The molecule has 0 unspecified atom stereocenters. The van der Waals surface area contributed by atoms with Crippen molar-refractivity contribution in [2.45, 2.75) is 9.79 Å². The van der Waals surface area contributed by atoms with E-state index < -0.39 is 0 Å². The molecule has 0 aliphatic rings. The number of pyridine rings is 2. The molecule has 2 N–H and O–H groups in total. The summed E-state index contributed by atoms with van der Waals surface area (Å²) >= 11 is 1.54. The fourth-order valence-corrected chi connectivity index (χ4v) is 5.10. The SMILES string of the molecule is O=C(Nc1cccc2cccnc12)c1ccccc1Sc1ccc2c(/C=C/c3ccccn3)n[nH]c2c1. The Morgan fingerprint density at radius 3 is 2.62 bits per heavy atom. The molecule has 0 spiro atoms. The molecule has 0 radical (unpaired) electrons. The Kier molecular flexibility index (Phi) is 6.19. The summed E-state index contributed by atoms with van der Waals surface area (Å²) in [4.78, 5) is 23.9. The van der Waals surface area contributed by atoms with Gasteiger partial charge in [0.15, 0.2) is 0 Å². The van der Waals surface area contributed by atoms with Gasteiger partial charge in [-0.3, -0.25) is 19.9 Å². The van der Waals surface area contributed by atoms with E-state index in [1.807, 2.05) is 97.1 Å². The third-order valence-electron chi connectivity index (χ3n) is 5.90. The highest BCUT2D eigenvalue weighted by Gasteiger charge is 2.15. The van der Waals surface area contributed by atoms with Crippen LogP contribution in [0.5, 0.6) is 0 Å². The number of H-pyrrole nitrogens is 1. The van der Waals surface area contributed by atoms with Crippen molar-refractivity contribution in [3.05, 3.63) is 120 Å². The molecule has 3 aromatic carbocycles. The summed E-state index contributed by atoms with van der Waals surface area (Å²) in [6, 6.07) is 29.2. The Hall–Kier alpha value is -4.75. The Balaban J connectivity index is 1.24. The normalized spacial score (nSPS) is 11.4. The Labute approximate surface area is 217 Å². The van der Waals surface area contributed by atoms with Crippen LogP contribution < -0.4 is 5.32 Å². The van der Waals surface area contributed by atoms with E-state index in [0.29, 0.717) is 11.3 Å². The first-order valence-electron chi connectivity index (χ1n) is 11.7. The first-order valence-corrected chi connectivity index (χ1v) is 12.6. The molecule has 178 valence electrons. The number of fused-ring (bicyclic) bond motifs is 2. The van der Waals surface area contributed by atoms with Crippen LogP contribution in [0.3, 0.4) is 0 Å². The molecular weight excluding hydrogens is 478 g/mol. The van der Waals surface area contributed by atoms with Gasteiger partial charge >= 0.3 is 0 Å². The van der Waals surface area contributed by atoms with Crippen molar-refractivity contribution in [3.63, 3.8) is 0 Å². The molecular formula is C30H21N5OS. The van der Waals surface area contributed by atoms with Crippen LogP contribution in [-0.4, -0.2) is 26.1 Å². The monoisotopic (exact) mass is 499 g/mol. The molecule has 6 nitrogen and oxygen atoms in total. The lowest BCUT2D eigenvalue weighted by molar-refractivity contribution is 0.102. The Morgan fingerprint density at radius 2 is 1.70 bits per heavy atom. The van der Waals surface area contributed by atoms with Gasteiger partial charge in [0.05, 0.1) is 33.7 Å². The molecule has 7 heteroatoms. The van der Waals surface area contributed by atoms with E-state index in [0.717, 1.165) is 43.0 Å². The molecule has 6 rings (SSSR count). The van der Waals surface area contributed by atoms with Crippen LogP contribution in [0.4, 0.5) is 5.69 Å². The number of hydrogen-bond donors (Lipinski definition) is 2. The number of aromatic nitrogens is 4. The summed E-state index contributed by atoms with van der Waals surface area (Å²) in [5.41, 5.74) is 4.70. The van der Waals surface area contributed by atoms with Crippen LogP contribution in [-0.2, 0) is 0 Å². The first-order chi connectivity index (χ1) is 18.2. The molecule has 0 atom stereocenters. The van der Waals surface area contributed by atoms with E-state index in [2.05, 4.69) is 31.5 Å². The standard InChI is InChI=1S/C30H21N5OS/c36-30(33-26-11-5-7-20-8-6-18-32-29(20)26)24-10-1-2-12-28(24)37-22-14-15-23-25(34-35-27(23)19-22)16-13-21-9-3-4-17-31-21/h1-19H,(H,33,36)(H,34,35)/b16-13+. The zero-order valence-corrected chi connectivity index (χ0v) is 20.4. The molecule has 0 saturated carbocycles. The summed E-state index contributed by atoms with van der Waals surface area (Å²) in [5, 5.41) is 12.6. The fourth-order valence-electron chi connectivity index (χ4n) is 4.11. The Bertz CT molecular complexity index is 1760. The lowest BCUT2D eigenvalue weighted by Crippen LogP contribution is -2.13. The smallest absolute Gasteiger partial charge is 0.256 e. The van der Waals surface area contributed by atoms with Crippen molar-refractivity contribution in [3.8, 4) is 0 Å². The number of anilines is 1. The van der Waals surface area contributed by atoms with Crippen LogP contribution in [0.1, 0.15) is 21.7 Å². The van der Waals surface area contributed by atoms with Gasteiger partial charge in [-0.15, -0.1) is 0 Å². The predicted octanol–water partition coefficient (Wildman–Crippen LogP) is 7.08. The van der Waals surface area contributed by atoms with E-state index >= 15 is 0 Å². The van der Waals surface area contributed by atoms with E-state index in [1.54, 1.807) is 12.4 Å². The van der Waals surface area contributed by atoms with Crippen molar-refractivity contribution in [1.82, 2.24) is 20.2 Å². The predicted molar refractivity (Wildman–Crippen MR) is 150 cm³/mol. The third kappa shape index (κ3) is 4.85. The van der Waals surface area contributed by atoms with Gasteiger partial charge in [0.25, 0.3) is 5.91 Å². The number of aromatic amines is 1. The second kappa shape index (κ2) is 10.1. The number of amides is 1. The minimum atomic E-state index is -0.175.